The van der Waals surface area contributed by atoms with Crippen molar-refractivity contribution in [3.05, 3.63) is 46.3 Å². The Labute approximate surface area is 170 Å². The van der Waals surface area contributed by atoms with Gasteiger partial charge in [0.15, 0.2) is 0 Å². The van der Waals surface area contributed by atoms with Gasteiger partial charge in [0.25, 0.3) is 0 Å². The Morgan fingerprint density at radius 2 is 1.93 bits per heavy atom. The van der Waals surface area contributed by atoms with Crippen molar-refractivity contribution in [1.82, 2.24) is 14.7 Å². The third kappa shape index (κ3) is 3.81. The van der Waals surface area contributed by atoms with Gasteiger partial charge in [-0.05, 0) is 57.9 Å². The zero-order valence-corrected chi connectivity index (χ0v) is 18.2. The number of hydrogen-bond donors (Lipinski definition) is 1. The van der Waals surface area contributed by atoms with E-state index < -0.39 is 6.04 Å². The predicted octanol–water partition coefficient (Wildman–Crippen LogP) is 3.30. The highest BCUT2D eigenvalue weighted by Crippen LogP contribution is 2.30. The summed E-state index contributed by atoms with van der Waals surface area (Å²) in [6.07, 6.45) is 0. The van der Waals surface area contributed by atoms with Gasteiger partial charge in [-0.1, -0.05) is 6.07 Å². The molecule has 1 aliphatic rings. The summed E-state index contributed by atoms with van der Waals surface area (Å²) in [5.74, 6) is 0.661. The molecular formula is C21H28N4O2S. The van der Waals surface area contributed by atoms with Gasteiger partial charge in [0.2, 0.25) is 11.8 Å². The third-order valence-electron chi connectivity index (χ3n) is 5.61. The zero-order chi connectivity index (χ0) is 20.6. The number of anilines is 1. The Morgan fingerprint density at radius 3 is 2.54 bits per heavy atom. The predicted molar refractivity (Wildman–Crippen MR) is 114 cm³/mol. The molecule has 0 aliphatic carbocycles. The maximum Gasteiger partial charge on any atom is 0.248 e. The number of benzene rings is 1. The van der Waals surface area contributed by atoms with Gasteiger partial charge in [0.1, 0.15) is 6.04 Å². The van der Waals surface area contributed by atoms with Crippen LogP contribution in [0.3, 0.4) is 0 Å². The Bertz CT molecular complexity index is 921. The van der Waals surface area contributed by atoms with E-state index in [9.17, 15) is 9.59 Å². The number of aryl methyl sites for hydroxylation is 4. The number of nitrogens with one attached hydrogen (secondary N) is 1. The fraction of sp³-hybridized carbons (Fsp3) is 0.476. The molecule has 2 aromatic rings. The van der Waals surface area contributed by atoms with Crippen LogP contribution < -0.4 is 5.32 Å². The van der Waals surface area contributed by atoms with E-state index in [1.807, 2.05) is 59.9 Å². The number of carbonyl (C=O) groups excluding carboxylic acids is 2. The lowest BCUT2D eigenvalue weighted by Gasteiger charge is -2.26. The van der Waals surface area contributed by atoms with E-state index in [1.165, 1.54) is 5.56 Å². The fourth-order valence-electron chi connectivity index (χ4n) is 3.71. The molecule has 0 unspecified atom stereocenters. The van der Waals surface area contributed by atoms with Gasteiger partial charge in [-0.2, -0.15) is 5.10 Å². The Balaban J connectivity index is 1.76. The summed E-state index contributed by atoms with van der Waals surface area (Å²) in [7, 11) is 1.88. The summed E-state index contributed by atoms with van der Waals surface area (Å²) in [4.78, 5) is 27.8. The monoisotopic (exact) mass is 400 g/mol. The van der Waals surface area contributed by atoms with Crippen LogP contribution >= 0.6 is 11.8 Å². The molecule has 7 heteroatoms. The molecule has 1 fully saturated rings. The van der Waals surface area contributed by atoms with Crippen molar-refractivity contribution in [1.29, 1.82) is 0 Å². The molecule has 0 saturated carbocycles. The van der Waals surface area contributed by atoms with Crippen LogP contribution in [0.2, 0.25) is 0 Å². The van der Waals surface area contributed by atoms with Crippen LogP contribution in [-0.2, 0) is 16.6 Å². The number of nitrogens with zero attached hydrogens (tertiary/aromatic N) is 3. The van der Waals surface area contributed by atoms with Crippen molar-refractivity contribution in [2.45, 2.75) is 46.6 Å². The number of thioether (sulfide) groups is 1. The van der Waals surface area contributed by atoms with Crippen molar-refractivity contribution in [3.63, 3.8) is 0 Å². The molecule has 2 atom stereocenters. The Morgan fingerprint density at radius 1 is 1.21 bits per heavy atom. The van der Waals surface area contributed by atoms with Crippen LogP contribution in [0.15, 0.2) is 18.2 Å². The molecule has 0 bridgehead atoms. The topological polar surface area (TPSA) is 67.2 Å². The summed E-state index contributed by atoms with van der Waals surface area (Å²) in [5, 5.41) is 7.41. The molecule has 0 spiro atoms. The van der Waals surface area contributed by atoms with E-state index in [0.717, 1.165) is 28.2 Å². The normalized spacial score (nSPS) is 17.6. The van der Waals surface area contributed by atoms with Crippen LogP contribution in [0.1, 0.15) is 40.9 Å². The summed E-state index contributed by atoms with van der Waals surface area (Å²) >= 11 is 1.61. The average Bonchev–Trinajstić information content (AvgIpc) is 3.22. The minimum atomic E-state index is -0.459. The molecule has 2 heterocycles. The first-order valence-electron chi connectivity index (χ1n) is 9.47. The quantitative estimate of drug-likeness (QED) is 0.855. The Hall–Kier alpha value is -2.28. The third-order valence-corrected chi connectivity index (χ3v) is 6.62. The SMILES string of the molecule is Cc1ccc(NC(=O)[C@H]2CSCN2C(=O)[C@@H](C)c2c(C)nn(C)c2C)cc1C. The smallest absolute Gasteiger partial charge is 0.248 e. The van der Waals surface area contributed by atoms with E-state index >= 15 is 0 Å². The molecule has 2 amide bonds. The minimum absolute atomic E-state index is 0.0237. The molecule has 0 radical (unpaired) electrons. The number of hydrogen-bond acceptors (Lipinski definition) is 4. The largest absolute Gasteiger partial charge is 0.324 e. The molecule has 28 heavy (non-hydrogen) atoms. The fourth-order valence-corrected chi connectivity index (χ4v) is 4.87. The number of carbonyl (C=O) groups is 2. The van der Waals surface area contributed by atoms with Gasteiger partial charge in [-0.15, -0.1) is 11.8 Å². The standard InChI is InChI=1S/C21H28N4O2S/c1-12-7-8-17(9-13(12)2)22-20(26)18-10-28-11-25(18)21(27)14(3)19-15(4)23-24(6)16(19)5/h7-9,14,18H,10-11H2,1-6H3,(H,22,26)/t14-,18+/m0/s1. The van der Waals surface area contributed by atoms with Crippen molar-refractivity contribution >= 4 is 29.3 Å². The minimum Gasteiger partial charge on any atom is -0.324 e. The van der Waals surface area contributed by atoms with Crippen molar-refractivity contribution in [2.24, 2.45) is 7.05 Å². The summed E-state index contributed by atoms with van der Waals surface area (Å²) in [6, 6.07) is 5.40. The van der Waals surface area contributed by atoms with Gasteiger partial charge in [-0.25, -0.2) is 0 Å². The van der Waals surface area contributed by atoms with E-state index in [-0.39, 0.29) is 17.7 Å². The second kappa shape index (κ2) is 7.99. The second-order valence-corrected chi connectivity index (χ2v) is 8.54. The molecule has 1 N–H and O–H groups in total. The first kappa shape index (κ1) is 20.5. The van der Waals surface area contributed by atoms with Crippen molar-refractivity contribution in [2.75, 3.05) is 16.9 Å². The molecular weight excluding hydrogens is 372 g/mol. The average molecular weight is 401 g/mol. The summed E-state index contributed by atoms with van der Waals surface area (Å²) in [6.45, 7) is 9.86. The van der Waals surface area contributed by atoms with Crippen LogP contribution in [0, 0.1) is 27.7 Å². The van der Waals surface area contributed by atoms with E-state index in [0.29, 0.717) is 11.6 Å². The van der Waals surface area contributed by atoms with E-state index in [4.69, 9.17) is 0 Å². The lowest BCUT2D eigenvalue weighted by Crippen LogP contribution is -2.46. The molecule has 1 aromatic heterocycles. The zero-order valence-electron chi connectivity index (χ0n) is 17.4. The summed E-state index contributed by atoms with van der Waals surface area (Å²) < 4.78 is 1.80. The van der Waals surface area contributed by atoms with Gasteiger partial charge < -0.3 is 10.2 Å². The highest BCUT2D eigenvalue weighted by molar-refractivity contribution is 7.99. The summed E-state index contributed by atoms with van der Waals surface area (Å²) in [5.41, 5.74) is 5.89. The lowest BCUT2D eigenvalue weighted by molar-refractivity contribution is -0.137. The van der Waals surface area contributed by atoms with Gasteiger partial charge >= 0.3 is 0 Å². The second-order valence-electron chi connectivity index (χ2n) is 7.54. The van der Waals surface area contributed by atoms with E-state index in [2.05, 4.69) is 10.4 Å². The highest BCUT2D eigenvalue weighted by atomic mass is 32.2. The van der Waals surface area contributed by atoms with E-state index in [1.54, 1.807) is 21.3 Å². The first-order chi connectivity index (χ1) is 13.2. The lowest BCUT2D eigenvalue weighted by atomic mass is 9.97. The maximum atomic E-state index is 13.2. The number of amides is 2. The van der Waals surface area contributed by atoms with Gasteiger partial charge in [0.05, 0.1) is 17.5 Å². The maximum absolute atomic E-state index is 13.2. The van der Waals surface area contributed by atoms with Gasteiger partial charge in [0, 0.05) is 29.7 Å². The Kier molecular flexibility index (Phi) is 5.84. The molecule has 1 aromatic carbocycles. The molecule has 1 saturated heterocycles. The molecule has 150 valence electrons. The molecule has 6 nitrogen and oxygen atoms in total. The number of rotatable bonds is 4. The van der Waals surface area contributed by atoms with Crippen LogP contribution in [0.25, 0.3) is 0 Å². The molecule has 3 rings (SSSR count). The highest BCUT2D eigenvalue weighted by Gasteiger charge is 2.38. The molecule has 1 aliphatic heterocycles. The van der Waals surface area contributed by atoms with Crippen molar-refractivity contribution < 1.29 is 9.59 Å². The van der Waals surface area contributed by atoms with Crippen LogP contribution in [-0.4, -0.2) is 44.2 Å². The first-order valence-corrected chi connectivity index (χ1v) is 10.6. The van der Waals surface area contributed by atoms with Gasteiger partial charge in [-0.3, -0.25) is 14.3 Å². The van der Waals surface area contributed by atoms with Crippen LogP contribution in [0.4, 0.5) is 5.69 Å². The van der Waals surface area contributed by atoms with Crippen LogP contribution in [0.5, 0.6) is 0 Å². The number of aromatic nitrogens is 2. The van der Waals surface area contributed by atoms with Crippen molar-refractivity contribution in [3.8, 4) is 0 Å².